The van der Waals surface area contributed by atoms with Crippen molar-refractivity contribution in [1.82, 2.24) is 9.71 Å². The van der Waals surface area contributed by atoms with Crippen LogP contribution in [-0.2, 0) is 10.0 Å². The number of nitrogens with zero attached hydrogens (tertiary/aromatic N) is 1. The number of rotatable bonds is 4. The maximum atomic E-state index is 12.6. The van der Waals surface area contributed by atoms with Crippen LogP contribution < -0.4 is 4.72 Å². The first kappa shape index (κ1) is 15.7. The summed E-state index contributed by atoms with van der Waals surface area (Å²) in [5.41, 5.74) is 3.70. The Labute approximate surface area is 126 Å². The van der Waals surface area contributed by atoms with Crippen molar-refractivity contribution in [3.05, 3.63) is 58.9 Å². The van der Waals surface area contributed by atoms with Crippen molar-refractivity contribution in [2.75, 3.05) is 0 Å². The van der Waals surface area contributed by atoms with E-state index in [1.54, 1.807) is 30.6 Å². The lowest BCUT2D eigenvalue weighted by Gasteiger charge is -2.16. The lowest BCUT2D eigenvalue weighted by atomic mass is 10.1. The van der Waals surface area contributed by atoms with E-state index in [-0.39, 0.29) is 6.04 Å². The SMILES string of the molecule is Cc1cc(C)c(S(=O)(=O)N[C@H](C)c2ccncc2)cc1C. The highest BCUT2D eigenvalue weighted by Crippen LogP contribution is 2.22. The van der Waals surface area contributed by atoms with Crippen molar-refractivity contribution >= 4 is 10.0 Å². The van der Waals surface area contributed by atoms with Gasteiger partial charge in [-0.05, 0) is 68.1 Å². The molecule has 0 spiro atoms. The Hall–Kier alpha value is -1.72. The number of sulfonamides is 1. The average molecular weight is 304 g/mol. The molecule has 112 valence electrons. The van der Waals surface area contributed by atoms with Crippen LogP contribution in [0.2, 0.25) is 0 Å². The number of aromatic nitrogens is 1. The van der Waals surface area contributed by atoms with Crippen molar-refractivity contribution in [3.8, 4) is 0 Å². The fraction of sp³-hybridized carbons (Fsp3) is 0.312. The second-order valence-electron chi connectivity index (χ2n) is 5.33. The minimum absolute atomic E-state index is 0.306. The summed E-state index contributed by atoms with van der Waals surface area (Å²) in [6.07, 6.45) is 3.31. The number of benzene rings is 1. The topological polar surface area (TPSA) is 59.1 Å². The Morgan fingerprint density at radius 3 is 2.19 bits per heavy atom. The summed E-state index contributed by atoms with van der Waals surface area (Å²) in [4.78, 5) is 4.28. The third kappa shape index (κ3) is 3.49. The second kappa shape index (κ2) is 5.95. The molecule has 1 aromatic carbocycles. The molecule has 0 aliphatic heterocycles. The Morgan fingerprint density at radius 2 is 1.57 bits per heavy atom. The maximum Gasteiger partial charge on any atom is 0.241 e. The molecule has 5 heteroatoms. The first-order chi connectivity index (χ1) is 9.81. The zero-order valence-corrected chi connectivity index (χ0v) is 13.5. The van der Waals surface area contributed by atoms with Gasteiger partial charge in [-0.3, -0.25) is 4.98 Å². The van der Waals surface area contributed by atoms with Crippen LogP contribution in [0.4, 0.5) is 0 Å². The molecule has 0 unspecified atom stereocenters. The summed E-state index contributed by atoms with van der Waals surface area (Å²) in [5, 5.41) is 0. The van der Waals surface area contributed by atoms with Crippen molar-refractivity contribution in [2.24, 2.45) is 0 Å². The van der Waals surface area contributed by atoms with E-state index in [0.29, 0.717) is 4.90 Å². The minimum atomic E-state index is -3.55. The predicted octanol–water partition coefficient (Wildman–Crippen LogP) is 3.05. The van der Waals surface area contributed by atoms with Crippen LogP contribution in [0.1, 0.15) is 35.2 Å². The number of hydrogen-bond acceptors (Lipinski definition) is 3. The Morgan fingerprint density at radius 1 is 1.00 bits per heavy atom. The molecule has 0 aliphatic rings. The Bertz CT molecular complexity index is 740. The van der Waals surface area contributed by atoms with Crippen molar-refractivity contribution < 1.29 is 8.42 Å². The zero-order chi connectivity index (χ0) is 15.6. The fourth-order valence-electron chi connectivity index (χ4n) is 2.24. The summed E-state index contributed by atoms with van der Waals surface area (Å²) in [6, 6.07) is 6.94. The van der Waals surface area contributed by atoms with Gasteiger partial charge >= 0.3 is 0 Å². The van der Waals surface area contributed by atoms with Gasteiger partial charge in [0.15, 0.2) is 0 Å². The zero-order valence-electron chi connectivity index (χ0n) is 12.7. The number of pyridine rings is 1. The molecule has 2 aromatic rings. The molecule has 0 saturated carbocycles. The third-order valence-corrected chi connectivity index (χ3v) is 5.30. The standard InChI is InChI=1S/C16H20N2O2S/c1-11-9-13(3)16(10-12(11)2)21(19,20)18-14(4)15-5-7-17-8-6-15/h5-10,14,18H,1-4H3/t14-/m1/s1. The van der Waals surface area contributed by atoms with Crippen molar-refractivity contribution in [3.63, 3.8) is 0 Å². The molecular formula is C16H20N2O2S. The molecule has 0 bridgehead atoms. The molecule has 2 rings (SSSR count). The first-order valence-corrected chi connectivity index (χ1v) is 8.29. The summed E-state index contributed by atoms with van der Waals surface area (Å²) in [6.45, 7) is 7.53. The van der Waals surface area contributed by atoms with Gasteiger partial charge < -0.3 is 0 Å². The van der Waals surface area contributed by atoms with Crippen LogP contribution in [0.15, 0.2) is 41.6 Å². The van der Waals surface area contributed by atoms with E-state index in [1.165, 1.54) is 0 Å². The van der Waals surface area contributed by atoms with E-state index in [9.17, 15) is 8.42 Å². The van der Waals surface area contributed by atoms with Crippen LogP contribution >= 0.6 is 0 Å². The van der Waals surface area contributed by atoms with E-state index in [4.69, 9.17) is 0 Å². The van der Waals surface area contributed by atoms with Gasteiger partial charge in [-0.15, -0.1) is 0 Å². The molecule has 0 fully saturated rings. The molecule has 0 saturated heterocycles. The quantitative estimate of drug-likeness (QED) is 0.944. The Balaban J connectivity index is 2.33. The van der Waals surface area contributed by atoms with E-state index >= 15 is 0 Å². The molecule has 0 amide bonds. The van der Waals surface area contributed by atoms with Crippen LogP contribution in [-0.4, -0.2) is 13.4 Å². The molecule has 1 N–H and O–H groups in total. The largest absolute Gasteiger partial charge is 0.265 e. The van der Waals surface area contributed by atoms with Gasteiger partial charge in [0, 0.05) is 18.4 Å². The van der Waals surface area contributed by atoms with Gasteiger partial charge in [-0.1, -0.05) is 6.07 Å². The van der Waals surface area contributed by atoms with Crippen LogP contribution in [0.3, 0.4) is 0 Å². The van der Waals surface area contributed by atoms with Gasteiger partial charge in [0.2, 0.25) is 10.0 Å². The summed E-state index contributed by atoms with van der Waals surface area (Å²) < 4.78 is 27.9. The number of hydrogen-bond donors (Lipinski definition) is 1. The lowest BCUT2D eigenvalue weighted by Crippen LogP contribution is -2.27. The van der Waals surface area contributed by atoms with Crippen LogP contribution in [0, 0.1) is 20.8 Å². The van der Waals surface area contributed by atoms with E-state index in [1.807, 2.05) is 33.8 Å². The van der Waals surface area contributed by atoms with Gasteiger partial charge in [0.05, 0.1) is 4.90 Å². The van der Waals surface area contributed by atoms with Crippen LogP contribution in [0.25, 0.3) is 0 Å². The summed E-state index contributed by atoms with van der Waals surface area (Å²) >= 11 is 0. The molecule has 1 heterocycles. The van der Waals surface area contributed by atoms with Gasteiger partial charge in [0.1, 0.15) is 0 Å². The predicted molar refractivity (Wildman–Crippen MR) is 83.6 cm³/mol. The summed E-state index contributed by atoms with van der Waals surface area (Å²) in [5.74, 6) is 0. The highest BCUT2D eigenvalue weighted by molar-refractivity contribution is 7.89. The molecule has 0 radical (unpaired) electrons. The Kier molecular flexibility index (Phi) is 4.44. The fourth-order valence-corrected chi connectivity index (χ4v) is 3.78. The summed E-state index contributed by atoms with van der Waals surface area (Å²) in [7, 11) is -3.55. The molecule has 21 heavy (non-hydrogen) atoms. The molecular weight excluding hydrogens is 284 g/mol. The van der Waals surface area contributed by atoms with E-state index in [2.05, 4.69) is 9.71 Å². The van der Waals surface area contributed by atoms with Crippen molar-refractivity contribution in [1.29, 1.82) is 0 Å². The minimum Gasteiger partial charge on any atom is -0.265 e. The highest BCUT2D eigenvalue weighted by atomic mass is 32.2. The number of nitrogens with one attached hydrogen (secondary N) is 1. The van der Waals surface area contributed by atoms with Gasteiger partial charge in [-0.25, -0.2) is 13.1 Å². The average Bonchev–Trinajstić information content (AvgIpc) is 2.43. The van der Waals surface area contributed by atoms with Crippen LogP contribution in [0.5, 0.6) is 0 Å². The highest BCUT2D eigenvalue weighted by Gasteiger charge is 2.21. The molecule has 1 atom stereocenters. The molecule has 1 aromatic heterocycles. The normalized spacial score (nSPS) is 13.1. The van der Waals surface area contributed by atoms with Gasteiger partial charge in [0.25, 0.3) is 0 Å². The van der Waals surface area contributed by atoms with Gasteiger partial charge in [-0.2, -0.15) is 0 Å². The smallest absolute Gasteiger partial charge is 0.241 e. The molecule has 0 aliphatic carbocycles. The second-order valence-corrected chi connectivity index (χ2v) is 7.01. The third-order valence-electron chi connectivity index (χ3n) is 3.62. The molecule has 4 nitrogen and oxygen atoms in total. The maximum absolute atomic E-state index is 12.6. The van der Waals surface area contributed by atoms with E-state index < -0.39 is 10.0 Å². The van der Waals surface area contributed by atoms with Crippen molar-refractivity contribution in [2.45, 2.75) is 38.6 Å². The lowest BCUT2D eigenvalue weighted by molar-refractivity contribution is 0.566. The first-order valence-electron chi connectivity index (χ1n) is 6.81. The van der Waals surface area contributed by atoms with E-state index in [0.717, 1.165) is 22.3 Å². The number of aryl methyl sites for hydroxylation is 3. The monoisotopic (exact) mass is 304 g/mol.